The fraction of sp³-hybridized carbons (Fsp3) is 0.200. The van der Waals surface area contributed by atoms with E-state index in [0.29, 0.717) is 10.7 Å². The third kappa shape index (κ3) is 2.42. The van der Waals surface area contributed by atoms with Gasteiger partial charge in [-0.05, 0) is 35.0 Å². The number of aromatic nitrogens is 4. The first-order valence-electron chi connectivity index (χ1n) is 4.83. The third-order valence-corrected chi connectivity index (χ3v) is 2.65. The molecule has 2 rings (SSSR count). The van der Waals surface area contributed by atoms with Crippen molar-refractivity contribution >= 4 is 17.6 Å². The molecule has 88 valence electrons. The number of hydrogen-bond donors (Lipinski definition) is 1. The number of hydrogen-bond acceptors (Lipinski definition) is 4. The van der Waals surface area contributed by atoms with Gasteiger partial charge in [-0.2, -0.15) is 4.68 Å². The van der Waals surface area contributed by atoms with Gasteiger partial charge in [-0.25, -0.2) is 0 Å². The molecular weight excluding hydrogens is 244 g/mol. The number of aryl methyl sites for hydroxylation is 1. The maximum Gasteiger partial charge on any atom is 0.311 e. The average Bonchev–Trinajstić information content (AvgIpc) is 2.69. The Labute approximate surface area is 102 Å². The molecule has 0 bridgehead atoms. The molecule has 0 unspecified atom stereocenters. The normalized spacial score (nSPS) is 10.5. The van der Waals surface area contributed by atoms with Crippen LogP contribution in [0.1, 0.15) is 11.4 Å². The second-order valence-corrected chi connectivity index (χ2v) is 3.92. The van der Waals surface area contributed by atoms with Gasteiger partial charge >= 0.3 is 5.97 Å². The van der Waals surface area contributed by atoms with Crippen molar-refractivity contribution in [1.82, 2.24) is 20.2 Å². The van der Waals surface area contributed by atoms with Gasteiger partial charge in [-0.1, -0.05) is 17.7 Å². The number of benzene rings is 1. The molecule has 0 saturated carbocycles. The summed E-state index contributed by atoms with van der Waals surface area (Å²) in [7, 11) is 0. The molecule has 7 heteroatoms. The Morgan fingerprint density at radius 2 is 2.29 bits per heavy atom. The van der Waals surface area contributed by atoms with Gasteiger partial charge in [0.1, 0.15) is 6.42 Å². The summed E-state index contributed by atoms with van der Waals surface area (Å²) in [5, 5.41) is 20.2. The van der Waals surface area contributed by atoms with Crippen LogP contribution in [0.25, 0.3) is 5.69 Å². The van der Waals surface area contributed by atoms with Crippen molar-refractivity contribution in [3.63, 3.8) is 0 Å². The van der Waals surface area contributed by atoms with Crippen LogP contribution < -0.4 is 0 Å². The molecule has 1 aromatic carbocycles. The van der Waals surface area contributed by atoms with Crippen LogP contribution in [0.4, 0.5) is 0 Å². The zero-order valence-corrected chi connectivity index (χ0v) is 9.72. The summed E-state index contributed by atoms with van der Waals surface area (Å²) in [4.78, 5) is 10.6. The maximum atomic E-state index is 10.6. The summed E-state index contributed by atoms with van der Waals surface area (Å²) >= 11 is 5.99. The third-order valence-electron chi connectivity index (χ3n) is 2.24. The number of aliphatic carboxylic acids is 1. The highest BCUT2D eigenvalue weighted by Gasteiger charge is 2.12. The van der Waals surface area contributed by atoms with Crippen molar-refractivity contribution < 1.29 is 9.90 Å². The van der Waals surface area contributed by atoms with Crippen molar-refractivity contribution in [3.05, 3.63) is 34.6 Å². The summed E-state index contributed by atoms with van der Waals surface area (Å²) in [6.07, 6.45) is -0.238. The smallest absolute Gasteiger partial charge is 0.311 e. The molecule has 0 saturated heterocycles. The van der Waals surface area contributed by atoms with Gasteiger partial charge in [0.05, 0.1) is 5.69 Å². The van der Waals surface area contributed by atoms with Gasteiger partial charge in [0.2, 0.25) is 0 Å². The van der Waals surface area contributed by atoms with E-state index in [0.717, 1.165) is 5.56 Å². The standard InChI is InChI=1S/C10H9ClN4O2/c1-6-2-3-7(4-8(6)11)15-9(5-10(16)17)12-13-14-15/h2-4H,5H2,1H3,(H,16,17). The minimum absolute atomic E-state index is 0.238. The molecule has 0 aliphatic rings. The molecular formula is C10H9ClN4O2. The zero-order chi connectivity index (χ0) is 12.4. The van der Waals surface area contributed by atoms with E-state index in [1.165, 1.54) is 4.68 Å². The number of carbonyl (C=O) groups is 1. The van der Waals surface area contributed by atoms with Crippen LogP contribution in [0.2, 0.25) is 5.02 Å². The summed E-state index contributed by atoms with van der Waals surface area (Å²) in [6.45, 7) is 1.88. The summed E-state index contributed by atoms with van der Waals surface area (Å²) in [5.41, 5.74) is 1.57. The second-order valence-electron chi connectivity index (χ2n) is 3.51. The van der Waals surface area contributed by atoms with Gasteiger partial charge in [-0.3, -0.25) is 4.79 Å². The van der Waals surface area contributed by atoms with Crippen LogP contribution in [0, 0.1) is 6.92 Å². The van der Waals surface area contributed by atoms with Crippen molar-refractivity contribution in [3.8, 4) is 5.69 Å². The molecule has 6 nitrogen and oxygen atoms in total. The van der Waals surface area contributed by atoms with Crippen LogP contribution in [-0.2, 0) is 11.2 Å². The van der Waals surface area contributed by atoms with Crippen LogP contribution in [0.3, 0.4) is 0 Å². The fourth-order valence-corrected chi connectivity index (χ4v) is 1.54. The summed E-state index contributed by atoms with van der Waals surface area (Å²) < 4.78 is 1.36. The van der Waals surface area contributed by atoms with Crippen LogP contribution in [0.15, 0.2) is 18.2 Å². The van der Waals surface area contributed by atoms with E-state index < -0.39 is 5.97 Å². The molecule has 0 aliphatic carbocycles. The van der Waals surface area contributed by atoms with Crippen molar-refractivity contribution in [2.24, 2.45) is 0 Å². The summed E-state index contributed by atoms with van der Waals surface area (Å²) in [6, 6.07) is 5.30. The largest absolute Gasteiger partial charge is 0.481 e. The molecule has 1 N–H and O–H groups in total. The number of halogens is 1. The predicted molar refractivity (Wildman–Crippen MR) is 60.2 cm³/mol. The Hall–Kier alpha value is -1.95. The Morgan fingerprint density at radius 1 is 1.53 bits per heavy atom. The Kier molecular flexibility index (Phi) is 3.06. The minimum atomic E-state index is -0.987. The number of rotatable bonds is 3. The van der Waals surface area contributed by atoms with E-state index in [1.807, 2.05) is 13.0 Å². The van der Waals surface area contributed by atoms with Gasteiger partial charge in [0.25, 0.3) is 0 Å². The number of tetrazole rings is 1. The van der Waals surface area contributed by atoms with E-state index in [2.05, 4.69) is 15.5 Å². The average molecular weight is 253 g/mol. The molecule has 0 atom stereocenters. The SMILES string of the molecule is Cc1ccc(-n2nnnc2CC(=O)O)cc1Cl. The lowest BCUT2D eigenvalue weighted by Gasteiger charge is -2.04. The van der Waals surface area contributed by atoms with Gasteiger partial charge in [0, 0.05) is 5.02 Å². The number of carboxylic acid groups (broad SMARTS) is 1. The highest BCUT2D eigenvalue weighted by Crippen LogP contribution is 2.19. The molecule has 17 heavy (non-hydrogen) atoms. The Bertz CT molecular complexity index is 567. The Morgan fingerprint density at radius 3 is 2.94 bits per heavy atom. The first kappa shape index (κ1) is 11.5. The Balaban J connectivity index is 2.42. The molecule has 1 heterocycles. The monoisotopic (exact) mass is 252 g/mol. The molecule has 0 radical (unpaired) electrons. The van der Waals surface area contributed by atoms with Crippen molar-refractivity contribution in [1.29, 1.82) is 0 Å². The molecule has 1 aromatic heterocycles. The molecule has 0 spiro atoms. The molecule has 0 aliphatic heterocycles. The molecule has 0 amide bonds. The van der Waals surface area contributed by atoms with E-state index >= 15 is 0 Å². The first-order chi connectivity index (χ1) is 8.08. The summed E-state index contributed by atoms with van der Waals surface area (Å²) in [5.74, 6) is -0.725. The topological polar surface area (TPSA) is 80.9 Å². The highest BCUT2D eigenvalue weighted by molar-refractivity contribution is 6.31. The zero-order valence-electron chi connectivity index (χ0n) is 8.96. The quantitative estimate of drug-likeness (QED) is 0.889. The first-order valence-corrected chi connectivity index (χ1v) is 5.21. The van der Waals surface area contributed by atoms with E-state index in [-0.39, 0.29) is 12.2 Å². The van der Waals surface area contributed by atoms with Gasteiger partial charge in [0.15, 0.2) is 5.82 Å². The molecule has 2 aromatic rings. The highest BCUT2D eigenvalue weighted by atomic mass is 35.5. The molecule has 0 fully saturated rings. The number of nitrogens with zero attached hydrogens (tertiary/aromatic N) is 4. The minimum Gasteiger partial charge on any atom is -0.481 e. The van der Waals surface area contributed by atoms with E-state index in [1.54, 1.807) is 12.1 Å². The van der Waals surface area contributed by atoms with Crippen LogP contribution >= 0.6 is 11.6 Å². The van der Waals surface area contributed by atoms with Crippen molar-refractivity contribution in [2.45, 2.75) is 13.3 Å². The lowest BCUT2D eigenvalue weighted by atomic mass is 10.2. The van der Waals surface area contributed by atoms with Crippen molar-refractivity contribution in [2.75, 3.05) is 0 Å². The van der Waals surface area contributed by atoms with E-state index in [9.17, 15) is 4.79 Å². The van der Waals surface area contributed by atoms with Gasteiger partial charge < -0.3 is 5.11 Å². The lowest BCUT2D eigenvalue weighted by Crippen LogP contribution is -2.09. The second kappa shape index (κ2) is 4.50. The van der Waals surface area contributed by atoms with Gasteiger partial charge in [-0.15, -0.1) is 5.10 Å². The fourth-order valence-electron chi connectivity index (χ4n) is 1.37. The van der Waals surface area contributed by atoms with E-state index in [4.69, 9.17) is 16.7 Å². The predicted octanol–water partition coefficient (Wildman–Crippen LogP) is 1.25. The lowest BCUT2D eigenvalue weighted by molar-refractivity contribution is -0.136. The number of carboxylic acids is 1. The van der Waals surface area contributed by atoms with Crippen LogP contribution in [-0.4, -0.2) is 31.3 Å². The van der Waals surface area contributed by atoms with Crippen LogP contribution in [0.5, 0.6) is 0 Å². The maximum absolute atomic E-state index is 10.6.